The van der Waals surface area contributed by atoms with Crippen molar-refractivity contribution in [2.45, 2.75) is 24.3 Å². The summed E-state index contributed by atoms with van der Waals surface area (Å²) < 4.78 is 9.24. The smallest absolute Gasteiger partial charge is 0.161 e. The minimum Gasteiger partial charge on any atom is -0.492 e. The molecule has 0 spiro atoms. The zero-order valence-electron chi connectivity index (χ0n) is 19.7. The Balaban J connectivity index is 1.20. The van der Waals surface area contributed by atoms with E-state index in [1.807, 2.05) is 12.3 Å². The van der Waals surface area contributed by atoms with Crippen molar-refractivity contribution in [1.82, 2.24) is 14.4 Å². The number of nitrogens with zero attached hydrogens (tertiary/aromatic N) is 3. The number of ether oxygens (including phenoxy) is 1. The summed E-state index contributed by atoms with van der Waals surface area (Å²) in [7, 11) is 2.13. The molecule has 1 aliphatic rings. The molecule has 0 aliphatic carbocycles. The molecule has 0 atom stereocenters. The van der Waals surface area contributed by atoms with Gasteiger partial charge in [-0.1, -0.05) is 58.4 Å². The van der Waals surface area contributed by atoms with Crippen molar-refractivity contribution in [1.29, 1.82) is 0 Å². The SMILES string of the molecule is Bc1cccc2c(C(C)=O)cn(CCCN3CCN(CCOc4ccc(CI)cc4)CC3)c12. The summed E-state index contributed by atoms with van der Waals surface area (Å²) in [6.07, 6.45) is 3.14. The standard InChI is InChI=1S/C26H33BIN3O2/c1-20(32)24-19-31(26-23(24)4-2-5-25(26)27)11-3-10-29-12-14-30(15-13-29)16-17-33-22-8-6-21(18-28)7-9-22/h2,4-9,19H,3,10-18,27H2,1H3. The third-order valence-electron chi connectivity index (χ3n) is 6.57. The van der Waals surface area contributed by atoms with Gasteiger partial charge in [-0.15, -0.1) is 0 Å². The lowest BCUT2D eigenvalue weighted by molar-refractivity contribution is 0.101. The van der Waals surface area contributed by atoms with Crippen LogP contribution in [0.5, 0.6) is 5.75 Å². The largest absolute Gasteiger partial charge is 0.492 e. The number of aromatic nitrogens is 1. The van der Waals surface area contributed by atoms with Gasteiger partial charge in [0.25, 0.3) is 0 Å². The van der Waals surface area contributed by atoms with Crippen LogP contribution in [-0.4, -0.2) is 73.9 Å². The highest BCUT2D eigenvalue weighted by molar-refractivity contribution is 14.1. The molecule has 2 aromatic carbocycles. The molecule has 174 valence electrons. The van der Waals surface area contributed by atoms with Gasteiger partial charge in [-0.2, -0.15) is 0 Å². The Hall–Kier alpha value is -1.84. The number of para-hydroxylation sites is 1. The molecular formula is C26H33BIN3O2. The molecule has 4 rings (SSSR count). The van der Waals surface area contributed by atoms with E-state index in [-0.39, 0.29) is 5.78 Å². The molecule has 3 aromatic rings. The number of benzene rings is 2. The third-order valence-corrected chi connectivity index (χ3v) is 7.45. The molecule has 2 heterocycles. The number of aryl methyl sites for hydroxylation is 1. The Morgan fingerprint density at radius 1 is 1.00 bits per heavy atom. The summed E-state index contributed by atoms with van der Waals surface area (Å²) in [6.45, 7) is 9.81. The maximum Gasteiger partial charge on any atom is 0.161 e. The van der Waals surface area contributed by atoms with E-state index in [1.165, 1.54) is 16.5 Å². The van der Waals surface area contributed by atoms with Crippen LogP contribution in [0.1, 0.15) is 29.3 Å². The van der Waals surface area contributed by atoms with E-state index in [0.717, 1.165) is 80.0 Å². The Kier molecular flexibility index (Phi) is 8.49. The highest BCUT2D eigenvalue weighted by atomic mass is 127. The van der Waals surface area contributed by atoms with Crippen molar-refractivity contribution in [3.8, 4) is 5.75 Å². The van der Waals surface area contributed by atoms with Gasteiger partial charge in [0.15, 0.2) is 5.78 Å². The fraction of sp³-hybridized carbons (Fsp3) is 0.423. The Labute approximate surface area is 211 Å². The van der Waals surface area contributed by atoms with Gasteiger partial charge >= 0.3 is 0 Å². The van der Waals surface area contributed by atoms with Gasteiger partial charge in [0.2, 0.25) is 0 Å². The van der Waals surface area contributed by atoms with E-state index in [4.69, 9.17) is 4.74 Å². The topological polar surface area (TPSA) is 37.7 Å². The van der Waals surface area contributed by atoms with Gasteiger partial charge in [0.1, 0.15) is 20.2 Å². The van der Waals surface area contributed by atoms with Crippen molar-refractivity contribution < 1.29 is 9.53 Å². The molecule has 0 saturated carbocycles. The second-order valence-corrected chi connectivity index (χ2v) is 9.69. The number of alkyl halides is 1. The fourth-order valence-electron chi connectivity index (χ4n) is 4.67. The van der Waals surface area contributed by atoms with Crippen molar-refractivity contribution in [2.24, 2.45) is 0 Å². The average molecular weight is 557 g/mol. The molecule has 1 aromatic heterocycles. The highest BCUT2D eigenvalue weighted by Gasteiger charge is 2.17. The number of piperazine rings is 1. The summed E-state index contributed by atoms with van der Waals surface area (Å²) >= 11 is 2.38. The maximum atomic E-state index is 12.1. The first-order valence-electron chi connectivity index (χ1n) is 11.9. The van der Waals surface area contributed by atoms with Crippen molar-refractivity contribution in [3.05, 3.63) is 59.8 Å². The zero-order valence-corrected chi connectivity index (χ0v) is 21.9. The monoisotopic (exact) mass is 557 g/mol. The lowest BCUT2D eigenvalue weighted by atomic mass is 9.93. The lowest BCUT2D eigenvalue weighted by Crippen LogP contribution is -2.47. The highest BCUT2D eigenvalue weighted by Crippen LogP contribution is 2.21. The summed E-state index contributed by atoms with van der Waals surface area (Å²) in [6, 6.07) is 14.7. The lowest BCUT2D eigenvalue weighted by Gasteiger charge is -2.34. The van der Waals surface area contributed by atoms with Crippen molar-refractivity contribution >= 4 is 52.6 Å². The molecule has 1 fully saturated rings. The maximum absolute atomic E-state index is 12.1. The van der Waals surface area contributed by atoms with E-state index in [9.17, 15) is 4.79 Å². The van der Waals surface area contributed by atoms with Crippen LogP contribution in [0.2, 0.25) is 0 Å². The number of ketones is 1. The van der Waals surface area contributed by atoms with E-state index in [0.29, 0.717) is 0 Å². The number of carbonyl (C=O) groups is 1. The van der Waals surface area contributed by atoms with Crippen molar-refractivity contribution in [2.75, 3.05) is 45.9 Å². The quantitative estimate of drug-likeness (QED) is 0.166. The molecule has 1 aliphatic heterocycles. The first-order chi connectivity index (χ1) is 16.0. The van der Waals surface area contributed by atoms with Crippen LogP contribution in [0, 0.1) is 0 Å². The molecule has 0 radical (unpaired) electrons. The third kappa shape index (κ3) is 6.19. The van der Waals surface area contributed by atoms with Gasteiger partial charge < -0.3 is 14.2 Å². The molecule has 0 bridgehead atoms. The minimum atomic E-state index is 0.141. The number of carbonyl (C=O) groups excluding carboxylic acids is 1. The van der Waals surface area contributed by atoms with Crippen LogP contribution in [0.15, 0.2) is 48.7 Å². The number of hydrogen-bond acceptors (Lipinski definition) is 4. The van der Waals surface area contributed by atoms with Crippen LogP contribution < -0.4 is 10.2 Å². The summed E-state index contributed by atoms with van der Waals surface area (Å²) in [5, 5.41) is 1.08. The van der Waals surface area contributed by atoms with Gasteiger partial charge in [0.05, 0.1) is 0 Å². The first-order valence-corrected chi connectivity index (χ1v) is 13.4. The fourth-order valence-corrected chi connectivity index (χ4v) is 5.18. The molecule has 0 N–H and O–H groups in total. The number of fused-ring (bicyclic) bond motifs is 1. The second-order valence-electron chi connectivity index (χ2n) is 8.93. The van der Waals surface area contributed by atoms with E-state index < -0.39 is 0 Å². The van der Waals surface area contributed by atoms with Gasteiger partial charge in [0, 0.05) is 66.4 Å². The molecule has 7 heteroatoms. The predicted octanol–water partition coefficient (Wildman–Crippen LogP) is 3.12. The normalized spacial score (nSPS) is 15.2. The van der Waals surface area contributed by atoms with E-state index >= 15 is 0 Å². The van der Waals surface area contributed by atoms with Crippen molar-refractivity contribution in [3.63, 3.8) is 0 Å². The average Bonchev–Trinajstić information content (AvgIpc) is 3.21. The molecule has 5 nitrogen and oxygen atoms in total. The van der Waals surface area contributed by atoms with Crippen LogP contribution in [0.3, 0.4) is 0 Å². The summed E-state index contributed by atoms with van der Waals surface area (Å²) in [4.78, 5) is 17.1. The Morgan fingerprint density at radius 3 is 2.36 bits per heavy atom. The van der Waals surface area contributed by atoms with Crippen LogP contribution in [-0.2, 0) is 11.0 Å². The zero-order chi connectivity index (χ0) is 23.2. The molecule has 33 heavy (non-hydrogen) atoms. The summed E-state index contributed by atoms with van der Waals surface area (Å²) in [5.41, 5.74) is 4.61. The number of Topliss-reactive ketones (excluding diaryl/α,β-unsaturated/α-hetero) is 1. The van der Waals surface area contributed by atoms with Gasteiger partial charge in [-0.05, 0) is 37.6 Å². The predicted molar refractivity (Wildman–Crippen MR) is 147 cm³/mol. The molecule has 1 saturated heterocycles. The molecule has 0 unspecified atom stereocenters. The Morgan fingerprint density at radius 2 is 1.70 bits per heavy atom. The number of halogens is 1. The second kappa shape index (κ2) is 11.5. The van der Waals surface area contributed by atoms with Crippen LogP contribution in [0.4, 0.5) is 0 Å². The van der Waals surface area contributed by atoms with Gasteiger partial charge in [-0.25, -0.2) is 0 Å². The Bertz CT molecular complexity index is 1080. The van der Waals surface area contributed by atoms with Gasteiger partial charge in [-0.3, -0.25) is 9.69 Å². The molecule has 0 amide bonds. The summed E-state index contributed by atoms with van der Waals surface area (Å²) in [5.74, 6) is 1.10. The minimum absolute atomic E-state index is 0.141. The molecular weight excluding hydrogens is 524 g/mol. The number of hydrogen-bond donors (Lipinski definition) is 0. The van der Waals surface area contributed by atoms with Crippen LogP contribution in [0.25, 0.3) is 10.9 Å². The number of rotatable bonds is 10. The first kappa shape index (κ1) is 24.3. The van der Waals surface area contributed by atoms with E-state index in [1.54, 1.807) is 6.92 Å². The van der Waals surface area contributed by atoms with Crippen LogP contribution >= 0.6 is 22.6 Å². The van der Waals surface area contributed by atoms with E-state index in [2.05, 4.69) is 81.2 Å².